The molecule has 0 saturated carbocycles. The SMILES string of the molecule is CN1c2ccc(O)cc2SC1CCNC(=O)c1cc2ccccc2[nH]1. The van der Waals surface area contributed by atoms with Gasteiger partial charge in [0.1, 0.15) is 11.4 Å². The van der Waals surface area contributed by atoms with Gasteiger partial charge < -0.3 is 20.3 Å². The van der Waals surface area contributed by atoms with E-state index in [1.165, 1.54) is 0 Å². The molecule has 1 atom stereocenters. The van der Waals surface area contributed by atoms with Gasteiger partial charge in [-0.05, 0) is 36.8 Å². The number of nitrogens with zero attached hydrogens (tertiary/aromatic N) is 1. The first-order valence-electron chi connectivity index (χ1n) is 8.20. The number of carbonyl (C=O) groups is 1. The van der Waals surface area contributed by atoms with E-state index in [1.54, 1.807) is 23.9 Å². The van der Waals surface area contributed by atoms with Crippen LogP contribution in [0.4, 0.5) is 5.69 Å². The normalized spacial score (nSPS) is 16.2. The predicted octanol–water partition coefficient (Wildman–Crippen LogP) is 3.56. The highest BCUT2D eigenvalue weighted by Gasteiger charge is 2.27. The number of phenolic OH excluding ortho intramolecular Hbond substituents is 1. The van der Waals surface area contributed by atoms with Crippen LogP contribution in [0.2, 0.25) is 0 Å². The van der Waals surface area contributed by atoms with Crippen LogP contribution in [-0.2, 0) is 0 Å². The first-order valence-corrected chi connectivity index (χ1v) is 9.08. The van der Waals surface area contributed by atoms with Crippen LogP contribution < -0.4 is 10.2 Å². The predicted molar refractivity (Wildman–Crippen MR) is 101 cm³/mol. The summed E-state index contributed by atoms with van der Waals surface area (Å²) in [7, 11) is 2.04. The molecule has 0 radical (unpaired) electrons. The smallest absolute Gasteiger partial charge is 0.267 e. The van der Waals surface area contributed by atoms with Crippen molar-refractivity contribution in [3.8, 4) is 5.75 Å². The van der Waals surface area contributed by atoms with Crippen LogP contribution in [0.5, 0.6) is 5.75 Å². The number of benzene rings is 2. The molecule has 1 aliphatic heterocycles. The summed E-state index contributed by atoms with van der Waals surface area (Å²) in [5.41, 5.74) is 2.67. The molecule has 0 fully saturated rings. The number of phenols is 1. The third kappa shape index (κ3) is 3.05. The van der Waals surface area contributed by atoms with E-state index in [-0.39, 0.29) is 17.0 Å². The number of anilines is 1. The van der Waals surface area contributed by atoms with Crippen LogP contribution in [0.1, 0.15) is 16.9 Å². The quantitative estimate of drug-likeness (QED) is 0.671. The zero-order chi connectivity index (χ0) is 17.4. The number of nitrogens with one attached hydrogen (secondary N) is 2. The molecule has 1 aromatic heterocycles. The summed E-state index contributed by atoms with van der Waals surface area (Å²) in [4.78, 5) is 18.8. The highest BCUT2D eigenvalue weighted by Crippen LogP contribution is 2.44. The minimum atomic E-state index is -0.0861. The average Bonchev–Trinajstić information content (AvgIpc) is 3.16. The number of amides is 1. The Morgan fingerprint density at radius 2 is 2.12 bits per heavy atom. The van der Waals surface area contributed by atoms with Crippen LogP contribution in [0.3, 0.4) is 0 Å². The second kappa shape index (κ2) is 6.37. The minimum Gasteiger partial charge on any atom is -0.508 e. The molecule has 0 saturated heterocycles. The molecule has 0 spiro atoms. The lowest BCUT2D eigenvalue weighted by Gasteiger charge is -2.21. The van der Waals surface area contributed by atoms with Crippen LogP contribution in [0.15, 0.2) is 53.4 Å². The number of aromatic nitrogens is 1. The lowest BCUT2D eigenvalue weighted by Crippen LogP contribution is -2.31. The van der Waals surface area contributed by atoms with Crippen LogP contribution >= 0.6 is 11.8 Å². The van der Waals surface area contributed by atoms with E-state index in [0.29, 0.717) is 12.2 Å². The Kier molecular flexibility index (Phi) is 4.05. The Morgan fingerprint density at radius 3 is 2.96 bits per heavy atom. The molecule has 4 rings (SSSR count). The fourth-order valence-corrected chi connectivity index (χ4v) is 4.44. The van der Waals surface area contributed by atoms with Gasteiger partial charge in [0.25, 0.3) is 5.91 Å². The third-order valence-electron chi connectivity index (χ3n) is 4.47. The summed E-state index contributed by atoms with van der Waals surface area (Å²) < 4.78 is 0. The zero-order valence-corrected chi connectivity index (χ0v) is 14.6. The maximum absolute atomic E-state index is 12.3. The molecule has 3 aromatic rings. The second-order valence-corrected chi connectivity index (χ2v) is 7.37. The Labute approximate surface area is 150 Å². The van der Waals surface area contributed by atoms with Crippen molar-refractivity contribution in [2.45, 2.75) is 16.7 Å². The first kappa shape index (κ1) is 15.9. The second-order valence-electron chi connectivity index (χ2n) is 6.15. The molecule has 128 valence electrons. The van der Waals surface area contributed by atoms with E-state index in [1.807, 2.05) is 43.4 Å². The number of fused-ring (bicyclic) bond motifs is 2. The van der Waals surface area contributed by atoms with Gasteiger partial charge in [-0.3, -0.25) is 4.79 Å². The average molecular weight is 353 g/mol. The fourth-order valence-electron chi connectivity index (χ4n) is 3.12. The van der Waals surface area contributed by atoms with E-state index < -0.39 is 0 Å². The zero-order valence-electron chi connectivity index (χ0n) is 13.8. The number of aromatic hydroxyl groups is 1. The van der Waals surface area contributed by atoms with E-state index >= 15 is 0 Å². The summed E-state index contributed by atoms with van der Waals surface area (Å²) >= 11 is 1.72. The van der Waals surface area contributed by atoms with E-state index in [4.69, 9.17) is 0 Å². The highest BCUT2D eigenvalue weighted by atomic mass is 32.2. The van der Waals surface area contributed by atoms with Crippen molar-refractivity contribution >= 4 is 34.3 Å². The number of aromatic amines is 1. The molecule has 1 unspecified atom stereocenters. The molecule has 25 heavy (non-hydrogen) atoms. The molecule has 0 bridgehead atoms. The Bertz CT molecular complexity index is 904. The molecule has 6 heteroatoms. The number of rotatable bonds is 4. The largest absolute Gasteiger partial charge is 0.508 e. The van der Waals surface area contributed by atoms with Crippen molar-refractivity contribution in [2.75, 3.05) is 18.5 Å². The highest BCUT2D eigenvalue weighted by molar-refractivity contribution is 8.00. The van der Waals surface area contributed by atoms with Gasteiger partial charge in [-0.1, -0.05) is 30.0 Å². The number of hydrogen-bond donors (Lipinski definition) is 3. The Balaban J connectivity index is 1.36. The Hall–Kier alpha value is -2.60. The van der Waals surface area contributed by atoms with Crippen molar-refractivity contribution < 1.29 is 9.90 Å². The maximum atomic E-state index is 12.3. The van der Waals surface area contributed by atoms with Crippen LogP contribution in [0, 0.1) is 0 Å². The topological polar surface area (TPSA) is 68.4 Å². The molecule has 5 nitrogen and oxygen atoms in total. The summed E-state index contributed by atoms with van der Waals surface area (Å²) in [6.45, 7) is 0.593. The standard InChI is InChI=1S/C19H19N3O2S/c1-22-16-7-6-13(23)11-17(16)25-18(22)8-9-20-19(24)15-10-12-4-2-3-5-14(12)21-15/h2-7,10-11,18,21,23H,8-9H2,1H3,(H,20,24). The number of thioether (sulfide) groups is 1. The molecular weight excluding hydrogens is 334 g/mol. The van der Waals surface area contributed by atoms with Crippen molar-refractivity contribution in [1.82, 2.24) is 10.3 Å². The monoisotopic (exact) mass is 353 g/mol. The lowest BCUT2D eigenvalue weighted by molar-refractivity contribution is 0.0949. The van der Waals surface area contributed by atoms with Gasteiger partial charge in [0.15, 0.2) is 0 Å². The van der Waals surface area contributed by atoms with Gasteiger partial charge in [0, 0.05) is 29.4 Å². The van der Waals surface area contributed by atoms with Crippen LogP contribution in [-0.4, -0.2) is 35.0 Å². The van der Waals surface area contributed by atoms with Gasteiger partial charge in [-0.25, -0.2) is 0 Å². The minimum absolute atomic E-state index is 0.0861. The van der Waals surface area contributed by atoms with Gasteiger partial charge >= 0.3 is 0 Å². The van der Waals surface area contributed by atoms with Crippen LogP contribution in [0.25, 0.3) is 10.9 Å². The molecular formula is C19H19N3O2S. The molecule has 3 N–H and O–H groups in total. The summed E-state index contributed by atoms with van der Waals surface area (Å²) in [5, 5.41) is 13.9. The van der Waals surface area contributed by atoms with Gasteiger partial charge in [0.05, 0.1) is 11.1 Å². The fraction of sp³-hybridized carbons (Fsp3) is 0.211. The summed E-state index contributed by atoms with van der Waals surface area (Å²) in [5.74, 6) is 0.199. The molecule has 2 aromatic carbocycles. The third-order valence-corrected chi connectivity index (χ3v) is 5.87. The van der Waals surface area contributed by atoms with Crippen molar-refractivity contribution in [3.05, 3.63) is 54.2 Å². The number of H-pyrrole nitrogens is 1. The van der Waals surface area contributed by atoms with Crippen molar-refractivity contribution in [3.63, 3.8) is 0 Å². The molecule has 2 heterocycles. The van der Waals surface area contributed by atoms with Gasteiger partial charge in [0.2, 0.25) is 0 Å². The van der Waals surface area contributed by atoms with Crippen molar-refractivity contribution in [1.29, 1.82) is 0 Å². The number of para-hydroxylation sites is 1. The van der Waals surface area contributed by atoms with E-state index in [2.05, 4.69) is 15.2 Å². The first-order chi connectivity index (χ1) is 12.1. The van der Waals surface area contributed by atoms with Gasteiger partial charge in [-0.15, -0.1) is 0 Å². The van der Waals surface area contributed by atoms with Crippen molar-refractivity contribution in [2.24, 2.45) is 0 Å². The van der Waals surface area contributed by atoms with E-state index in [9.17, 15) is 9.90 Å². The maximum Gasteiger partial charge on any atom is 0.267 e. The van der Waals surface area contributed by atoms with Gasteiger partial charge in [-0.2, -0.15) is 0 Å². The lowest BCUT2D eigenvalue weighted by atomic mass is 10.2. The number of carbonyl (C=O) groups excluding carboxylic acids is 1. The number of hydrogen-bond acceptors (Lipinski definition) is 4. The molecule has 1 amide bonds. The summed E-state index contributed by atoms with van der Waals surface area (Å²) in [6.07, 6.45) is 0.822. The summed E-state index contributed by atoms with van der Waals surface area (Å²) in [6, 6.07) is 15.2. The molecule has 1 aliphatic rings. The molecule has 0 aliphatic carbocycles. The van der Waals surface area contributed by atoms with E-state index in [0.717, 1.165) is 27.9 Å². The Morgan fingerprint density at radius 1 is 1.28 bits per heavy atom.